The molecule has 1 aliphatic rings. The van der Waals surface area contributed by atoms with Crippen LogP contribution in [0.4, 0.5) is 31.5 Å². The first kappa shape index (κ1) is 21.3. The Morgan fingerprint density at radius 1 is 1.30 bits per heavy atom. The molecule has 1 aromatic carbocycles. The van der Waals surface area contributed by atoms with E-state index in [0.717, 1.165) is 24.4 Å². The first-order valence-corrected chi connectivity index (χ1v) is 8.34. The molecule has 1 aliphatic heterocycles. The zero-order valence-electron chi connectivity index (χ0n) is 14.8. The van der Waals surface area contributed by atoms with Crippen LogP contribution >= 0.6 is 0 Å². The lowest BCUT2D eigenvalue weighted by Crippen LogP contribution is -2.47. The van der Waals surface area contributed by atoms with Gasteiger partial charge in [0.05, 0.1) is 6.04 Å². The highest BCUT2D eigenvalue weighted by molar-refractivity contribution is 5.88. The van der Waals surface area contributed by atoms with Gasteiger partial charge in [-0.05, 0) is 36.2 Å². The van der Waals surface area contributed by atoms with E-state index in [-0.39, 0.29) is 22.4 Å². The molecule has 0 aliphatic carbocycles. The van der Waals surface area contributed by atoms with E-state index in [1.54, 1.807) is 0 Å². The van der Waals surface area contributed by atoms with Crippen LogP contribution in [0.1, 0.15) is 17.2 Å². The largest absolute Gasteiger partial charge is 0.529 e. The van der Waals surface area contributed by atoms with Gasteiger partial charge in [0.1, 0.15) is 11.8 Å². The lowest BCUT2D eigenvalue weighted by molar-refractivity contribution is -0.262. The van der Waals surface area contributed by atoms with E-state index < -0.39 is 48.6 Å². The van der Waals surface area contributed by atoms with Gasteiger partial charge < -0.3 is 19.4 Å². The topological polar surface area (TPSA) is 91.8 Å². The van der Waals surface area contributed by atoms with Gasteiger partial charge in [-0.2, -0.15) is 22.0 Å². The van der Waals surface area contributed by atoms with Crippen LogP contribution in [0.15, 0.2) is 42.6 Å². The summed E-state index contributed by atoms with van der Waals surface area (Å²) in [5.74, 6) is -1.41. The van der Waals surface area contributed by atoms with E-state index >= 15 is 0 Å². The summed E-state index contributed by atoms with van der Waals surface area (Å²) in [5.41, 5.74) is 0.349. The Balaban J connectivity index is 1.89. The smallest absolute Gasteiger partial charge is 0.461 e. The average Bonchev–Trinajstić information content (AvgIpc) is 2.98. The van der Waals surface area contributed by atoms with E-state index in [1.807, 2.05) is 0 Å². The van der Waals surface area contributed by atoms with E-state index in [2.05, 4.69) is 9.72 Å². The summed E-state index contributed by atoms with van der Waals surface area (Å²) in [4.78, 5) is 27.1. The van der Waals surface area contributed by atoms with Crippen molar-refractivity contribution in [3.8, 4) is 5.75 Å². The Morgan fingerprint density at radius 3 is 2.63 bits per heavy atom. The molecule has 2 aromatic rings. The van der Waals surface area contributed by atoms with Crippen LogP contribution in [0.5, 0.6) is 5.75 Å². The normalized spacial score (nSPS) is 19.1. The van der Waals surface area contributed by atoms with Gasteiger partial charge in [0.25, 0.3) is 0 Å². The van der Waals surface area contributed by atoms with Crippen LogP contribution in [0.3, 0.4) is 0 Å². The van der Waals surface area contributed by atoms with Crippen molar-refractivity contribution in [3.63, 3.8) is 0 Å². The van der Waals surface area contributed by atoms with Gasteiger partial charge in [-0.25, -0.2) is 9.78 Å². The number of hydrogen-bond acceptors (Lipinski definition) is 6. The molecule has 7 nitrogen and oxygen atoms in total. The van der Waals surface area contributed by atoms with Crippen molar-refractivity contribution in [2.24, 2.45) is 0 Å². The van der Waals surface area contributed by atoms with Gasteiger partial charge in [-0.15, -0.1) is 0 Å². The van der Waals surface area contributed by atoms with E-state index in [0.29, 0.717) is 0 Å². The summed E-state index contributed by atoms with van der Waals surface area (Å²) in [6.45, 7) is 0. The van der Waals surface area contributed by atoms with Gasteiger partial charge in [0, 0.05) is 11.8 Å². The highest BCUT2D eigenvalue weighted by atomic mass is 19.3. The average molecular weight is 431 g/mol. The second-order valence-electron chi connectivity index (χ2n) is 6.24. The molecule has 1 saturated heterocycles. The van der Waals surface area contributed by atoms with Crippen molar-refractivity contribution < 1.29 is 46.1 Å². The number of ether oxygens (including phenoxy) is 2. The summed E-state index contributed by atoms with van der Waals surface area (Å²) >= 11 is 0. The van der Waals surface area contributed by atoms with Crippen LogP contribution in [0.2, 0.25) is 0 Å². The number of aromatic nitrogens is 1. The number of imide groups is 1. The minimum absolute atomic E-state index is 0.173. The van der Waals surface area contributed by atoms with E-state index in [4.69, 9.17) is 4.74 Å². The number of pyridine rings is 1. The van der Waals surface area contributed by atoms with Gasteiger partial charge in [0.2, 0.25) is 5.95 Å². The highest BCUT2D eigenvalue weighted by Gasteiger charge is 2.45. The zero-order valence-corrected chi connectivity index (χ0v) is 14.8. The SMILES string of the molecule is O=C([O-])N1C(=O)OC(c2ccc(F)nc2)C1Cc1cccc(OC(F)(F)C(F)F)c1. The number of nitrogens with zero attached hydrogens (tertiary/aromatic N) is 2. The molecule has 2 amide bonds. The molecule has 1 fully saturated rings. The molecule has 30 heavy (non-hydrogen) atoms. The number of alkyl halides is 4. The van der Waals surface area contributed by atoms with Crippen LogP contribution in [-0.4, -0.2) is 40.6 Å². The summed E-state index contributed by atoms with van der Waals surface area (Å²) in [6, 6.07) is 5.59. The van der Waals surface area contributed by atoms with Crippen LogP contribution < -0.4 is 9.84 Å². The second kappa shape index (κ2) is 8.13. The Morgan fingerprint density at radius 2 is 2.03 bits per heavy atom. The fourth-order valence-corrected chi connectivity index (χ4v) is 2.95. The lowest BCUT2D eigenvalue weighted by atomic mass is 9.96. The van der Waals surface area contributed by atoms with E-state index in [9.17, 15) is 36.6 Å². The molecular formula is C18H12F5N2O5-. The lowest BCUT2D eigenvalue weighted by Gasteiger charge is -2.25. The highest BCUT2D eigenvalue weighted by Crippen LogP contribution is 2.35. The first-order chi connectivity index (χ1) is 14.1. The van der Waals surface area contributed by atoms with Gasteiger partial charge in [-0.3, -0.25) is 4.90 Å². The number of benzene rings is 1. The first-order valence-electron chi connectivity index (χ1n) is 8.34. The minimum atomic E-state index is -4.73. The molecule has 3 rings (SSSR count). The number of hydrogen-bond donors (Lipinski definition) is 0. The Hall–Kier alpha value is -3.44. The number of rotatable bonds is 6. The summed E-state index contributed by atoms with van der Waals surface area (Å²) in [7, 11) is 0. The van der Waals surface area contributed by atoms with Crippen molar-refractivity contribution in [2.45, 2.75) is 31.1 Å². The number of carbonyl (C=O) groups is 2. The molecule has 12 heteroatoms. The third-order valence-corrected chi connectivity index (χ3v) is 4.23. The van der Waals surface area contributed by atoms with Gasteiger partial charge in [-0.1, -0.05) is 12.1 Å². The van der Waals surface area contributed by atoms with Crippen LogP contribution in [0.25, 0.3) is 0 Å². The number of cyclic esters (lactones) is 1. The molecule has 1 aromatic heterocycles. The third-order valence-electron chi connectivity index (χ3n) is 4.23. The standard InChI is InChI=1S/C18H13F5N2O5/c19-13-5-4-10(8-24-13)14-12(25(16(26)27)17(28)29-14)7-9-2-1-3-11(6-9)30-18(22,23)15(20)21/h1-6,8,12,14-15H,7H2,(H,26,27)/p-1. The van der Waals surface area contributed by atoms with Crippen molar-refractivity contribution in [3.05, 3.63) is 59.7 Å². The predicted octanol–water partition coefficient (Wildman–Crippen LogP) is 2.91. The number of amides is 2. The molecule has 0 spiro atoms. The molecule has 0 bridgehead atoms. The quantitative estimate of drug-likeness (QED) is 0.516. The predicted molar refractivity (Wildman–Crippen MR) is 86.2 cm³/mol. The van der Waals surface area contributed by atoms with Crippen molar-refractivity contribution in [1.29, 1.82) is 0 Å². The zero-order chi connectivity index (χ0) is 22.1. The minimum Gasteiger partial charge on any atom is -0.529 e. The monoisotopic (exact) mass is 431 g/mol. The summed E-state index contributed by atoms with van der Waals surface area (Å²) in [6.07, 6.45) is -12.3. The molecule has 0 N–H and O–H groups in total. The molecule has 2 heterocycles. The van der Waals surface area contributed by atoms with Crippen molar-refractivity contribution in [1.82, 2.24) is 9.88 Å². The maximum Gasteiger partial charge on any atom is 0.461 e. The molecule has 2 unspecified atom stereocenters. The molecule has 160 valence electrons. The Kier molecular flexibility index (Phi) is 5.76. The van der Waals surface area contributed by atoms with Crippen molar-refractivity contribution >= 4 is 12.2 Å². The maximum atomic E-state index is 13.1. The van der Waals surface area contributed by atoms with Crippen LogP contribution in [0, 0.1) is 5.95 Å². The third kappa shape index (κ3) is 4.42. The summed E-state index contributed by atoms with van der Waals surface area (Å²) in [5, 5.41) is 11.4. The molecule has 0 saturated carbocycles. The van der Waals surface area contributed by atoms with Gasteiger partial charge >= 0.3 is 18.6 Å². The Labute approximate surface area is 165 Å². The number of carboxylic acid groups (broad SMARTS) is 1. The van der Waals surface area contributed by atoms with Gasteiger partial charge in [0.15, 0.2) is 6.10 Å². The second-order valence-corrected chi connectivity index (χ2v) is 6.24. The molecular weight excluding hydrogens is 419 g/mol. The molecule has 2 atom stereocenters. The number of halogens is 5. The summed E-state index contributed by atoms with van der Waals surface area (Å²) < 4.78 is 73.1. The maximum absolute atomic E-state index is 13.1. The number of carbonyl (C=O) groups excluding carboxylic acids is 2. The molecule has 0 radical (unpaired) electrons. The Bertz CT molecular complexity index is 941. The fourth-order valence-electron chi connectivity index (χ4n) is 2.95. The van der Waals surface area contributed by atoms with Crippen LogP contribution in [-0.2, 0) is 11.2 Å². The fraction of sp³-hybridized carbons (Fsp3) is 0.278. The van der Waals surface area contributed by atoms with E-state index in [1.165, 1.54) is 18.2 Å². The van der Waals surface area contributed by atoms with Crippen molar-refractivity contribution in [2.75, 3.05) is 0 Å².